The summed E-state index contributed by atoms with van der Waals surface area (Å²) in [5.74, 6) is 1.70. The van der Waals surface area contributed by atoms with Gasteiger partial charge in [0.1, 0.15) is 11.5 Å². The molecule has 2 aromatic rings. The van der Waals surface area contributed by atoms with E-state index in [9.17, 15) is 5.11 Å². The number of aliphatic hydroxyl groups excluding tert-OH is 1. The number of aliphatic hydroxyl groups is 1. The topological polar surface area (TPSA) is 57.2 Å². The molecule has 5 nitrogen and oxygen atoms in total. The van der Waals surface area contributed by atoms with Gasteiger partial charge in [-0.3, -0.25) is 0 Å². The largest absolute Gasteiger partial charge is 0.497 e. The number of allylic oxidation sites excluding steroid dienone is 1. The summed E-state index contributed by atoms with van der Waals surface area (Å²) in [6.07, 6.45) is 6.82. The average Bonchev–Trinajstić information content (AvgIpc) is 2.84. The van der Waals surface area contributed by atoms with Crippen molar-refractivity contribution in [2.75, 3.05) is 34.0 Å². The van der Waals surface area contributed by atoms with E-state index in [1.807, 2.05) is 55.5 Å². The minimum atomic E-state index is 0.0895. The predicted molar refractivity (Wildman–Crippen MR) is 128 cm³/mol. The first-order valence-corrected chi connectivity index (χ1v) is 11.0. The van der Waals surface area contributed by atoms with Gasteiger partial charge in [0.25, 0.3) is 0 Å². The Morgan fingerprint density at radius 1 is 0.781 bits per heavy atom. The van der Waals surface area contributed by atoms with Gasteiger partial charge < -0.3 is 24.1 Å². The lowest BCUT2D eigenvalue weighted by Gasteiger charge is -2.09. The molecule has 0 radical (unpaired) electrons. The van der Waals surface area contributed by atoms with Gasteiger partial charge in [-0.05, 0) is 61.6 Å². The van der Waals surface area contributed by atoms with E-state index in [1.165, 1.54) is 5.57 Å². The molecule has 0 aromatic heterocycles. The molecule has 0 spiro atoms. The number of ether oxygens (including phenoxy) is 4. The molecule has 0 fully saturated rings. The van der Waals surface area contributed by atoms with Crippen molar-refractivity contribution in [2.45, 2.75) is 39.4 Å². The zero-order valence-corrected chi connectivity index (χ0v) is 19.5. The van der Waals surface area contributed by atoms with Gasteiger partial charge in [-0.2, -0.15) is 0 Å². The van der Waals surface area contributed by atoms with Crippen molar-refractivity contribution in [3.63, 3.8) is 0 Å². The Kier molecular flexibility index (Phi) is 12.2. The number of hydrogen-bond acceptors (Lipinski definition) is 5. The number of hydrogen-bond donors (Lipinski definition) is 1. The third kappa shape index (κ3) is 10.1. The van der Waals surface area contributed by atoms with E-state index in [2.05, 4.69) is 12.2 Å². The van der Waals surface area contributed by atoms with E-state index < -0.39 is 0 Å². The predicted octanol–water partition coefficient (Wildman–Crippen LogP) is 5.47. The van der Waals surface area contributed by atoms with Crippen LogP contribution in [0.3, 0.4) is 0 Å². The van der Waals surface area contributed by atoms with E-state index >= 15 is 0 Å². The van der Waals surface area contributed by atoms with Crippen LogP contribution in [0.4, 0.5) is 0 Å². The molecule has 0 bridgehead atoms. The Morgan fingerprint density at radius 3 is 1.81 bits per heavy atom. The number of methoxy groups -OCH3 is 2. The fraction of sp³-hybridized carbons (Fsp3) is 0.407. The zero-order chi connectivity index (χ0) is 23.0. The minimum Gasteiger partial charge on any atom is -0.497 e. The number of rotatable bonds is 15. The summed E-state index contributed by atoms with van der Waals surface area (Å²) in [4.78, 5) is 0. The molecule has 0 saturated carbocycles. The molecule has 1 N–H and O–H groups in total. The van der Waals surface area contributed by atoms with Gasteiger partial charge in [0.2, 0.25) is 0 Å². The van der Waals surface area contributed by atoms with Gasteiger partial charge in [0, 0.05) is 0 Å². The van der Waals surface area contributed by atoms with Gasteiger partial charge in [0.05, 0.1) is 47.3 Å². The molecular weight excluding hydrogens is 404 g/mol. The van der Waals surface area contributed by atoms with Crippen LogP contribution in [0.25, 0.3) is 0 Å². The second kappa shape index (κ2) is 15.2. The highest BCUT2D eigenvalue weighted by molar-refractivity contribution is 5.27. The van der Waals surface area contributed by atoms with Crippen molar-refractivity contribution in [1.29, 1.82) is 0 Å². The van der Waals surface area contributed by atoms with Crippen LogP contribution >= 0.6 is 0 Å². The van der Waals surface area contributed by atoms with Crippen molar-refractivity contribution in [3.05, 3.63) is 83.0 Å². The van der Waals surface area contributed by atoms with Crippen LogP contribution in [0.2, 0.25) is 0 Å². The van der Waals surface area contributed by atoms with E-state index in [4.69, 9.17) is 18.9 Å². The Balaban J connectivity index is 1.76. The maximum atomic E-state index is 9.26. The maximum Gasteiger partial charge on any atom is 0.118 e. The van der Waals surface area contributed by atoms with Crippen LogP contribution < -0.4 is 9.47 Å². The highest BCUT2D eigenvalue weighted by atomic mass is 16.5. The fourth-order valence-electron chi connectivity index (χ4n) is 3.03. The van der Waals surface area contributed by atoms with Gasteiger partial charge >= 0.3 is 0 Å². The highest BCUT2D eigenvalue weighted by Gasteiger charge is 2.01. The van der Waals surface area contributed by atoms with Crippen molar-refractivity contribution < 1.29 is 24.1 Å². The molecule has 174 valence electrons. The summed E-state index contributed by atoms with van der Waals surface area (Å²) in [6.45, 7) is 4.50. The molecule has 32 heavy (non-hydrogen) atoms. The quantitative estimate of drug-likeness (QED) is 0.294. The lowest BCUT2D eigenvalue weighted by Crippen LogP contribution is -1.99. The second-order valence-corrected chi connectivity index (χ2v) is 7.62. The molecule has 2 rings (SSSR count). The zero-order valence-electron chi connectivity index (χ0n) is 19.5. The van der Waals surface area contributed by atoms with E-state index in [1.54, 1.807) is 14.2 Å². The summed E-state index contributed by atoms with van der Waals surface area (Å²) < 4.78 is 22.0. The highest BCUT2D eigenvalue weighted by Crippen LogP contribution is 2.15. The normalized spacial score (nSPS) is 12.1. The molecule has 2 aromatic carbocycles. The Bertz CT molecular complexity index is 822. The summed E-state index contributed by atoms with van der Waals surface area (Å²) in [7, 11) is 3.33. The van der Waals surface area contributed by atoms with Crippen molar-refractivity contribution in [1.82, 2.24) is 0 Å². The molecule has 0 aliphatic rings. The van der Waals surface area contributed by atoms with Crippen molar-refractivity contribution in [3.8, 4) is 11.5 Å². The molecule has 0 aliphatic heterocycles. The van der Waals surface area contributed by atoms with Crippen molar-refractivity contribution in [2.24, 2.45) is 0 Å². The minimum absolute atomic E-state index is 0.0895. The Morgan fingerprint density at radius 2 is 1.31 bits per heavy atom. The standard InChI is InChI=1S/C27H36O5/c1-22(19-28)6-7-23(16-18-32-21-25-10-14-27(30-3)15-11-25)5-4-17-31-20-24-8-12-26(29-2)13-9-24/h5-6,8-15,28H,4,7,16-21H2,1-3H3/b22-6+,23-5-. The third-order valence-corrected chi connectivity index (χ3v) is 5.08. The summed E-state index contributed by atoms with van der Waals surface area (Å²) in [5.41, 5.74) is 4.52. The molecule has 0 unspecified atom stereocenters. The van der Waals surface area contributed by atoms with Crippen LogP contribution in [0.1, 0.15) is 37.3 Å². The molecule has 5 heteroatoms. The van der Waals surface area contributed by atoms with Crippen LogP contribution in [0.15, 0.2) is 71.8 Å². The maximum absolute atomic E-state index is 9.26. The van der Waals surface area contributed by atoms with E-state index in [0.29, 0.717) is 26.4 Å². The first-order chi connectivity index (χ1) is 15.6. The monoisotopic (exact) mass is 440 g/mol. The molecule has 0 saturated heterocycles. The molecular formula is C27H36O5. The molecule has 0 atom stereocenters. The summed E-state index contributed by atoms with van der Waals surface area (Å²) >= 11 is 0. The second-order valence-electron chi connectivity index (χ2n) is 7.62. The van der Waals surface area contributed by atoms with Gasteiger partial charge in [-0.1, -0.05) is 47.6 Å². The summed E-state index contributed by atoms with van der Waals surface area (Å²) in [6, 6.07) is 15.8. The third-order valence-electron chi connectivity index (χ3n) is 5.08. The number of benzene rings is 2. The Hall–Kier alpha value is -2.60. The fourth-order valence-corrected chi connectivity index (χ4v) is 3.03. The van der Waals surface area contributed by atoms with E-state index in [0.717, 1.165) is 47.5 Å². The molecule has 0 amide bonds. The average molecular weight is 441 g/mol. The Labute approximate surface area is 192 Å². The molecule has 0 heterocycles. The summed E-state index contributed by atoms with van der Waals surface area (Å²) in [5, 5.41) is 9.26. The smallest absolute Gasteiger partial charge is 0.118 e. The van der Waals surface area contributed by atoms with E-state index in [-0.39, 0.29) is 6.61 Å². The van der Waals surface area contributed by atoms with Crippen LogP contribution in [-0.4, -0.2) is 39.1 Å². The van der Waals surface area contributed by atoms with Crippen molar-refractivity contribution >= 4 is 0 Å². The molecule has 0 aliphatic carbocycles. The first-order valence-electron chi connectivity index (χ1n) is 11.0. The van der Waals surface area contributed by atoms with Gasteiger partial charge in [-0.25, -0.2) is 0 Å². The lowest BCUT2D eigenvalue weighted by molar-refractivity contribution is 0.121. The van der Waals surface area contributed by atoms with Crippen LogP contribution in [0, 0.1) is 0 Å². The SMILES string of the molecule is COc1ccc(COCC/C=C(/C/C=C(\C)CO)CCOCc2ccc(OC)cc2)cc1. The van der Waals surface area contributed by atoms with Gasteiger partial charge in [-0.15, -0.1) is 0 Å². The van der Waals surface area contributed by atoms with Crippen LogP contribution in [0.5, 0.6) is 11.5 Å². The van der Waals surface area contributed by atoms with Crippen LogP contribution in [-0.2, 0) is 22.7 Å². The lowest BCUT2D eigenvalue weighted by atomic mass is 10.1. The van der Waals surface area contributed by atoms with Gasteiger partial charge in [0.15, 0.2) is 0 Å². The first kappa shape index (κ1) is 25.7.